The van der Waals surface area contributed by atoms with E-state index in [1.165, 1.54) is 36.6 Å². The lowest BCUT2D eigenvalue weighted by Crippen LogP contribution is -2.10. The van der Waals surface area contributed by atoms with Crippen LogP contribution in [-0.2, 0) is 0 Å². The van der Waals surface area contributed by atoms with Gasteiger partial charge in [0, 0.05) is 0 Å². The smallest absolute Gasteiger partial charge is 0.200 e. The molecule has 1 aromatic heterocycles. The van der Waals surface area contributed by atoms with Crippen molar-refractivity contribution in [3.8, 4) is 16.9 Å². The van der Waals surface area contributed by atoms with Gasteiger partial charge >= 0.3 is 0 Å². The molecule has 1 heterocycles. The summed E-state index contributed by atoms with van der Waals surface area (Å²) in [5.41, 5.74) is 1.05. The van der Waals surface area contributed by atoms with Crippen molar-refractivity contribution in [2.75, 3.05) is 5.23 Å². The lowest BCUT2D eigenvalue weighted by Gasteiger charge is -2.09. The molecule has 6 heteroatoms. The van der Waals surface area contributed by atoms with Crippen LogP contribution in [0.4, 0.5) is 5.69 Å². The van der Waals surface area contributed by atoms with Crippen LogP contribution < -0.4 is 15.8 Å². The third kappa shape index (κ3) is 2.33. The Labute approximate surface area is 118 Å². The molecule has 0 unspecified atom stereocenters. The van der Waals surface area contributed by atoms with E-state index in [1.807, 2.05) is 0 Å². The number of rotatable bonds is 2. The predicted octanol–water partition coefficient (Wildman–Crippen LogP) is 2.12. The quantitative estimate of drug-likeness (QED) is 0.699. The molecule has 0 aliphatic carbocycles. The molecule has 0 bridgehead atoms. The Hall–Kier alpha value is -2.83. The highest BCUT2D eigenvalue weighted by Gasteiger charge is 2.09. The largest absolute Gasteiger partial charge is 0.872 e. The minimum atomic E-state index is -0.256. The first-order valence-corrected chi connectivity index (χ1v) is 6.07. The van der Waals surface area contributed by atoms with Crippen molar-refractivity contribution in [1.29, 1.82) is 0 Å². The third-order valence-electron chi connectivity index (χ3n) is 3.16. The minimum Gasteiger partial charge on any atom is -0.872 e. The average molecular weight is 284 g/mol. The number of anilines is 1. The molecule has 0 saturated heterocycles. The zero-order chi connectivity index (χ0) is 15.0. The van der Waals surface area contributed by atoms with Gasteiger partial charge in [-0.3, -0.25) is 15.2 Å². The number of hydrogen-bond donors (Lipinski definition) is 2. The molecule has 0 fully saturated rings. The fraction of sp³-hybridized carbons (Fsp3) is 0. The second-order valence-corrected chi connectivity index (χ2v) is 4.47. The zero-order valence-corrected chi connectivity index (χ0v) is 10.7. The van der Waals surface area contributed by atoms with E-state index in [0.717, 1.165) is 0 Å². The minimum absolute atomic E-state index is 0.0115. The first-order chi connectivity index (χ1) is 10.1. The molecule has 3 aromatic rings. The van der Waals surface area contributed by atoms with Crippen LogP contribution in [0.3, 0.4) is 0 Å². The van der Waals surface area contributed by atoms with E-state index in [4.69, 9.17) is 14.8 Å². The molecule has 0 amide bonds. The van der Waals surface area contributed by atoms with Gasteiger partial charge in [0.05, 0.1) is 16.6 Å². The normalized spacial score (nSPS) is 10.8. The highest BCUT2D eigenvalue weighted by atomic mass is 16.8. The SMILES string of the molecule is O=c1c(-c2ccc(N(O)O)cc2)coc2cc([O-])ccc12. The predicted molar refractivity (Wildman–Crippen MR) is 73.4 cm³/mol. The molecular weight excluding hydrogens is 274 g/mol. The Kier molecular flexibility index (Phi) is 3.09. The maximum absolute atomic E-state index is 12.4. The topological polar surface area (TPSA) is 97.0 Å². The maximum Gasteiger partial charge on any atom is 0.200 e. The van der Waals surface area contributed by atoms with E-state index >= 15 is 0 Å². The highest BCUT2D eigenvalue weighted by Crippen LogP contribution is 2.23. The van der Waals surface area contributed by atoms with Gasteiger partial charge in [-0.2, -0.15) is 0 Å². The summed E-state index contributed by atoms with van der Waals surface area (Å²) >= 11 is 0. The second-order valence-electron chi connectivity index (χ2n) is 4.47. The van der Waals surface area contributed by atoms with Crippen molar-refractivity contribution >= 4 is 16.7 Å². The van der Waals surface area contributed by atoms with Gasteiger partial charge in [0.25, 0.3) is 0 Å². The Morgan fingerprint density at radius 2 is 1.76 bits per heavy atom. The Morgan fingerprint density at radius 3 is 2.43 bits per heavy atom. The molecule has 2 N–H and O–H groups in total. The summed E-state index contributed by atoms with van der Waals surface area (Å²) in [6.45, 7) is 0. The fourth-order valence-electron chi connectivity index (χ4n) is 2.08. The summed E-state index contributed by atoms with van der Waals surface area (Å²) in [6.07, 6.45) is 1.29. The Bertz CT molecular complexity index is 852. The fourth-order valence-corrected chi connectivity index (χ4v) is 2.08. The average Bonchev–Trinajstić information content (AvgIpc) is 2.47. The summed E-state index contributed by atoms with van der Waals surface area (Å²) in [5.74, 6) is -0.228. The molecule has 106 valence electrons. The van der Waals surface area contributed by atoms with Crippen LogP contribution in [0.2, 0.25) is 0 Å². The monoisotopic (exact) mass is 284 g/mol. The van der Waals surface area contributed by atoms with E-state index in [2.05, 4.69) is 0 Å². The molecule has 0 spiro atoms. The number of fused-ring (bicyclic) bond motifs is 1. The molecular formula is C15H10NO5-. The molecule has 0 aliphatic rings. The van der Waals surface area contributed by atoms with Crippen molar-refractivity contribution < 1.29 is 19.9 Å². The number of hydrogen-bond acceptors (Lipinski definition) is 6. The Morgan fingerprint density at radius 1 is 1.05 bits per heavy atom. The molecule has 3 rings (SSSR count). The second kappa shape index (κ2) is 4.93. The number of benzene rings is 2. The van der Waals surface area contributed by atoms with E-state index in [0.29, 0.717) is 16.5 Å². The van der Waals surface area contributed by atoms with Crippen molar-refractivity contribution in [2.24, 2.45) is 0 Å². The van der Waals surface area contributed by atoms with E-state index in [9.17, 15) is 9.90 Å². The van der Waals surface area contributed by atoms with E-state index < -0.39 is 0 Å². The van der Waals surface area contributed by atoms with E-state index in [-0.39, 0.29) is 27.7 Å². The van der Waals surface area contributed by atoms with Gasteiger partial charge < -0.3 is 9.52 Å². The van der Waals surface area contributed by atoms with Crippen LogP contribution in [0, 0.1) is 0 Å². The summed E-state index contributed by atoms with van der Waals surface area (Å²) < 4.78 is 5.33. The van der Waals surface area contributed by atoms with Gasteiger partial charge in [-0.15, -0.1) is 11.0 Å². The van der Waals surface area contributed by atoms with Gasteiger partial charge in [0.15, 0.2) is 5.43 Å². The van der Waals surface area contributed by atoms with E-state index in [1.54, 1.807) is 12.1 Å². The summed E-state index contributed by atoms with van der Waals surface area (Å²) in [4.78, 5) is 12.4. The Balaban J connectivity index is 2.14. The van der Waals surface area contributed by atoms with Gasteiger partial charge in [0.1, 0.15) is 11.8 Å². The van der Waals surface area contributed by atoms with Crippen molar-refractivity contribution in [3.05, 3.63) is 59.0 Å². The molecule has 0 aliphatic heterocycles. The number of nitrogens with zero attached hydrogens (tertiary/aromatic N) is 1. The standard InChI is InChI=1S/C15H11NO5/c17-11-5-6-12-14(7-11)21-8-13(15(12)18)9-1-3-10(4-2-9)16(19)20/h1-8,17,19-20H/p-1. The lowest BCUT2D eigenvalue weighted by atomic mass is 10.1. The van der Waals surface area contributed by atoms with Crippen LogP contribution in [-0.4, -0.2) is 10.4 Å². The third-order valence-corrected chi connectivity index (χ3v) is 3.16. The summed E-state index contributed by atoms with van der Waals surface area (Å²) in [5, 5.41) is 29.3. The van der Waals surface area contributed by atoms with Gasteiger partial charge in [0.2, 0.25) is 0 Å². The molecule has 6 nitrogen and oxygen atoms in total. The van der Waals surface area contributed by atoms with Crippen molar-refractivity contribution in [1.82, 2.24) is 0 Å². The first-order valence-electron chi connectivity index (χ1n) is 6.07. The van der Waals surface area contributed by atoms with Gasteiger partial charge in [-0.1, -0.05) is 18.2 Å². The molecule has 2 aromatic carbocycles. The van der Waals surface area contributed by atoms with Gasteiger partial charge in [-0.05, 0) is 29.8 Å². The molecule has 21 heavy (non-hydrogen) atoms. The lowest BCUT2D eigenvalue weighted by molar-refractivity contribution is -0.268. The van der Waals surface area contributed by atoms with Crippen LogP contribution in [0.1, 0.15) is 0 Å². The maximum atomic E-state index is 12.4. The summed E-state index contributed by atoms with van der Waals surface area (Å²) in [6, 6.07) is 10.0. The zero-order valence-electron chi connectivity index (χ0n) is 10.7. The van der Waals surface area contributed by atoms with Crippen molar-refractivity contribution in [2.45, 2.75) is 0 Å². The molecule has 0 saturated carbocycles. The van der Waals surface area contributed by atoms with Crippen LogP contribution in [0.25, 0.3) is 22.1 Å². The molecule has 0 radical (unpaired) electrons. The van der Waals surface area contributed by atoms with Crippen LogP contribution in [0.15, 0.2) is 57.9 Å². The van der Waals surface area contributed by atoms with Crippen LogP contribution >= 0.6 is 0 Å². The first kappa shape index (κ1) is 13.2. The van der Waals surface area contributed by atoms with Crippen molar-refractivity contribution in [3.63, 3.8) is 0 Å². The summed E-state index contributed by atoms with van der Waals surface area (Å²) in [7, 11) is 0. The highest BCUT2D eigenvalue weighted by molar-refractivity contribution is 5.82. The van der Waals surface area contributed by atoms with Crippen LogP contribution in [0.5, 0.6) is 5.75 Å². The van der Waals surface area contributed by atoms with Gasteiger partial charge in [-0.25, -0.2) is 0 Å². The molecule has 0 atom stereocenters.